The van der Waals surface area contributed by atoms with Gasteiger partial charge in [0.15, 0.2) is 0 Å². The molecule has 0 aliphatic heterocycles. The number of hydrogen-bond acceptors (Lipinski definition) is 4. The number of nitrogens with zero attached hydrogens (tertiary/aromatic N) is 3. The molecule has 1 atom stereocenters. The molecule has 1 aliphatic rings. The molecule has 1 aromatic carbocycles. The number of amides is 1. The minimum Gasteiger partial charge on any atom is -0.480 e. The van der Waals surface area contributed by atoms with Gasteiger partial charge >= 0.3 is 5.97 Å². The normalized spacial score (nSPS) is 14.0. The first-order chi connectivity index (χ1) is 16.5. The van der Waals surface area contributed by atoms with Crippen LogP contribution in [-0.4, -0.2) is 37.8 Å². The molecule has 2 aromatic heterocycles. The summed E-state index contributed by atoms with van der Waals surface area (Å²) in [5.41, 5.74) is 5.29. The number of benzene rings is 1. The van der Waals surface area contributed by atoms with Gasteiger partial charge in [-0.2, -0.15) is 5.10 Å². The van der Waals surface area contributed by atoms with E-state index in [2.05, 4.69) is 22.5 Å². The summed E-state index contributed by atoms with van der Waals surface area (Å²) in [6.45, 7) is 0. The van der Waals surface area contributed by atoms with E-state index in [1.54, 1.807) is 23.0 Å². The first kappa shape index (κ1) is 23.9. The van der Waals surface area contributed by atoms with Gasteiger partial charge in [-0.25, -0.2) is 4.79 Å². The van der Waals surface area contributed by atoms with Crippen LogP contribution in [0.25, 0.3) is 10.9 Å². The zero-order chi connectivity index (χ0) is 23.9. The molecule has 7 nitrogen and oxygen atoms in total. The van der Waals surface area contributed by atoms with Gasteiger partial charge in [0.2, 0.25) is 0 Å². The van der Waals surface area contributed by atoms with Gasteiger partial charge in [-0.3, -0.25) is 14.5 Å². The summed E-state index contributed by atoms with van der Waals surface area (Å²) in [6, 6.07) is 8.83. The zero-order valence-corrected chi connectivity index (χ0v) is 19.9. The van der Waals surface area contributed by atoms with Crippen LogP contribution in [0, 0.1) is 0 Å². The van der Waals surface area contributed by atoms with Crippen LogP contribution in [0.4, 0.5) is 0 Å². The molecule has 4 rings (SSSR count). The number of carboxylic acid groups (broad SMARTS) is 1. The largest absolute Gasteiger partial charge is 0.480 e. The minimum atomic E-state index is -0.991. The maximum atomic E-state index is 12.6. The highest BCUT2D eigenvalue weighted by Gasteiger charge is 2.20. The number of fused-ring (bicyclic) bond motifs is 2. The van der Waals surface area contributed by atoms with Crippen LogP contribution < -0.4 is 5.32 Å². The molecule has 2 N–H and O–H groups in total. The number of hydrogen-bond donors (Lipinski definition) is 2. The highest BCUT2D eigenvalue weighted by atomic mass is 16.4. The number of aryl methyl sites for hydroxylation is 4. The van der Waals surface area contributed by atoms with Crippen molar-refractivity contribution in [2.75, 3.05) is 0 Å². The van der Waals surface area contributed by atoms with Gasteiger partial charge in [0, 0.05) is 29.4 Å². The summed E-state index contributed by atoms with van der Waals surface area (Å²) in [5, 5.41) is 17.3. The van der Waals surface area contributed by atoms with E-state index in [1.165, 1.54) is 36.2 Å². The summed E-state index contributed by atoms with van der Waals surface area (Å²) >= 11 is 0. The highest BCUT2D eigenvalue weighted by molar-refractivity contribution is 5.99. The van der Waals surface area contributed by atoms with E-state index in [-0.39, 0.29) is 5.91 Å². The van der Waals surface area contributed by atoms with Crippen molar-refractivity contribution in [3.05, 3.63) is 59.0 Å². The van der Waals surface area contributed by atoms with E-state index in [9.17, 15) is 14.7 Å². The van der Waals surface area contributed by atoms with Gasteiger partial charge < -0.3 is 10.4 Å². The first-order valence-electron chi connectivity index (χ1n) is 12.4. The van der Waals surface area contributed by atoms with Gasteiger partial charge in [0.05, 0.1) is 11.7 Å². The Hall–Kier alpha value is -3.22. The lowest BCUT2D eigenvalue weighted by molar-refractivity contribution is -0.139. The quantitative estimate of drug-likeness (QED) is 0.406. The molecule has 34 heavy (non-hydrogen) atoms. The number of unbranched alkanes of at least 4 members (excludes halogenated alkanes) is 4. The smallest absolute Gasteiger partial charge is 0.326 e. The van der Waals surface area contributed by atoms with Crippen molar-refractivity contribution in [1.82, 2.24) is 20.1 Å². The molecular formula is C27H34N4O3. The van der Waals surface area contributed by atoms with Crippen LogP contribution in [0.5, 0.6) is 0 Å². The van der Waals surface area contributed by atoms with Gasteiger partial charge in [-0.15, -0.1) is 0 Å². The second-order valence-electron chi connectivity index (χ2n) is 9.33. The van der Waals surface area contributed by atoms with Crippen molar-refractivity contribution in [2.24, 2.45) is 7.05 Å². The molecule has 180 valence electrons. The predicted molar refractivity (Wildman–Crippen MR) is 132 cm³/mol. The third-order valence-corrected chi connectivity index (χ3v) is 6.77. The van der Waals surface area contributed by atoms with E-state index >= 15 is 0 Å². The third kappa shape index (κ3) is 6.01. The summed E-state index contributed by atoms with van der Waals surface area (Å²) in [5.74, 6) is -1.36. The average molecular weight is 463 g/mol. The van der Waals surface area contributed by atoms with Crippen molar-refractivity contribution in [2.45, 2.75) is 76.7 Å². The number of nitrogens with one attached hydrogen (secondary N) is 1. The van der Waals surface area contributed by atoms with E-state index < -0.39 is 12.0 Å². The molecule has 3 aromatic rings. The minimum absolute atomic E-state index is 0.365. The fourth-order valence-electron chi connectivity index (χ4n) is 4.76. The number of carboxylic acids is 1. The molecule has 0 spiro atoms. The Morgan fingerprint density at radius 3 is 2.71 bits per heavy atom. The lowest BCUT2D eigenvalue weighted by atomic mass is 9.95. The van der Waals surface area contributed by atoms with Gasteiger partial charge in [-0.05, 0) is 74.8 Å². The third-order valence-electron chi connectivity index (χ3n) is 6.77. The van der Waals surface area contributed by atoms with Crippen LogP contribution in [0.2, 0.25) is 0 Å². The molecule has 0 fully saturated rings. The maximum Gasteiger partial charge on any atom is 0.326 e. The molecule has 1 amide bonds. The maximum absolute atomic E-state index is 12.6. The Bertz CT molecular complexity index is 1150. The fourth-order valence-corrected chi connectivity index (χ4v) is 4.76. The number of aliphatic carboxylic acids is 1. The monoisotopic (exact) mass is 462 g/mol. The van der Waals surface area contributed by atoms with Crippen LogP contribution in [0.3, 0.4) is 0 Å². The molecule has 1 unspecified atom stereocenters. The molecular weight excluding hydrogens is 428 g/mol. The molecule has 7 heteroatoms. The van der Waals surface area contributed by atoms with E-state index in [0.29, 0.717) is 12.0 Å². The molecule has 0 saturated heterocycles. The van der Waals surface area contributed by atoms with Crippen LogP contribution in [0.1, 0.15) is 78.7 Å². The average Bonchev–Trinajstić information content (AvgIpc) is 3.22. The second-order valence-corrected chi connectivity index (χ2v) is 9.33. The number of aromatic nitrogens is 3. The van der Waals surface area contributed by atoms with Crippen LogP contribution >= 0.6 is 0 Å². The van der Waals surface area contributed by atoms with Crippen LogP contribution in [-0.2, 0) is 31.1 Å². The first-order valence-corrected chi connectivity index (χ1v) is 12.4. The number of carbonyl (C=O) groups excluding carboxylic acids is 1. The number of rotatable bonds is 11. The van der Waals surface area contributed by atoms with E-state index in [4.69, 9.17) is 4.98 Å². The molecule has 1 aliphatic carbocycles. The highest BCUT2D eigenvalue weighted by Crippen LogP contribution is 2.20. The lowest BCUT2D eigenvalue weighted by Crippen LogP contribution is -2.40. The second kappa shape index (κ2) is 11.3. The summed E-state index contributed by atoms with van der Waals surface area (Å²) < 4.78 is 1.74. The summed E-state index contributed by atoms with van der Waals surface area (Å²) in [6.07, 6.45) is 12.9. The van der Waals surface area contributed by atoms with Crippen molar-refractivity contribution >= 4 is 22.8 Å². The Balaban J connectivity index is 1.16. The molecule has 0 bridgehead atoms. The van der Waals surface area contributed by atoms with Gasteiger partial charge in [-0.1, -0.05) is 31.7 Å². The Morgan fingerprint density at radius 2 is 1.85 bits per heavy atom. The SMILES string of the molecule is Cn1ncc2cc(C(=O)NC(CCCCCCCc3ccc4c(n3)CCCC4)C(=O)O)ccc21. The standard InChI is InChI=1S/C27H34N4O3/c1-31-25-16-14-20(17-21(25)18-28-31)26(32)30-24(27(33)34)12-6-4-2-3-5-10-22-15-13-19-9-7-8-11-23(19)29-22/h13-18,24H,2-12H2,1H3,(H,30,32)(H,33,34). The van der Waals surface area contributed by atoms with Crippen molar-refractivity contribution in [3.63, 3.8) is 0 Å². The topological polar surface area (TPSA) is 97.1 Å². The molecule has 2 heterocycles. The summed E-state index contributed by atoms with van der Waals surface area (Å²) in [7, 11) is 1.84. The van der Waals surface area contributed by atoms with Gasteiger partial charge in [0.1, 0.15) is 6.04 Å². The zero-order valence-electron chi connectivity index (χ0n) is 19.9. The van der Waals surface area contributed by atoms with E-state index in [1.807, 2.05) is 13.1 Å². The lowest BCUT2D eigenvalue weighted by Gasteiger charge is -2.15. The van der Waals surface area contributed by atoms with Crippen LogP contribution in [0.15, 0.2) is 36.5 Å². The van der Waals surface area contributed by atoms with Crippen molar-refractivity contribution in [1.29, 1.82) is 0 Å². The molecule has 0 saturated carbocycles. The van der Waals surface area contributed by atoms with E-state index in [0.717, 1.165) is 55.8 Å². The number of carbonyl (C=O) groups is 2. The fraction of sp³-hybridized carbons (Fsp3) is 0.481. The summed E-state index contributed by atoms with van der Waals surface area (Å²) in [4.78, 5) is 29.1. The Morgan fingerprint density at radius 1 is 1.06 bits per heavy atom. The Kier molecular flexibility index (Phi) is 7.93. The predicted octanol–water partition coefficient (Wildman–Crippen LogP) is 4.61. The Labute approximate surface area is 200 Å². The van der Waals surface area contributed by atoms with Crippen molar-refractivity contribution < 1.29 is 14.7 Å². The number of pyridine rings is 1. The van der Waals surface area contributed by atoms with Gasteiger partial charge in [0.25, 0.3) is 5.91 Å². The molecule has 0 radical (unpaired) electrons. The van der Waals surface area contributed by atoms with Crippen molar-refractivity contribution in [3.8, 4) is 0 Å².